The predicted molar refractivity (Wildman–Crippen MR) is 56.7 cm³/mol. The third-order valence-electron chi connectivity index (χ3n) is 2.51. The van der Waals surface area contributed by atoms with Gasteiger partial charge in [0.15, 0.2) is 0 Å². The number of hydrogen-bond acceptors (Lipinski definition) is 4. The standard InChI is InChI=1S/C10H11N3O2/c1-12-10(5-6-11-12)8-3-2-4-9(7-8)13(14)15/h2-4,6-7,10H,5H2,1H3. The van der Waals surface area contributed by atoms with Gasteiger partial charge in [-0.1, -0.05) is 12.1 Å². The molecule has 0 N–H and O–H groups in total. The van der Waals surface area contributed by atoms with E-state index >= 15 is 0 Å². The van der Waals surface area contributed by atoms with Gasteiger partial charge in [0.1, 0.15) is 0 Å². The molecule has 1 heterocycles. The first-order valence-electron chi connectivity index (χ1n) is 4.68. The number of hydrogen-bond donors (Lipinski definition) is 0. The van der Waals surface area contributed by atoms with E-state index in [2.05, 4.69) is 5.10 Å². The first-order chi connectivity index (χ1) is 7.18. The Labute approximate surface area is 87.2 Å². The van der Waals surface area contributed by atoms with Crippen LogP contribution in [-0.2, 0) is 0 Å². The zero-order valence-corrected chi connectivity index (χ0v) is 8.33. The number of nitro benzene ring substituents is 1. The lowest BCUT2D eigenvalue weighted by Crippen LogP contribution is -2.13. The molecule has 1 aliphatic heterocycles. The fraction of sp³-hybridized carbons (Fsp3) is 0.300. The molecule has 0 saturated heterocycles. The molecule has 0 aliphatic carbocycles. The lowest BCUT2D eigenvalue weighted by Gasteiger charge is -2.18. The Morgan fingerprint density at radius 1 is 1.60 bits per heavy atom. The first kappa shape index (κ1) is 9.64. The van der Waals surface area contributed by atoms with E-state index in [1.807, 2.05) is 24.3 Å². The number of hydrazone groups is 1. The minimum absolute atomic E-state index is 0.130. The Morgan fingerprint density at radius 3 is 3.00 bits per heavy atom. The molecular formula is C10H11N3O2. The van der Waals surface area contributed by atoms with Gasteiger partial charge in [-0.25, -0.2) is 0 Å². The maximum absolute atomic E-state index is 10.6. The number of nitrogens with zero attached hydrogens (tertiary/aromatic N) is 3. The van der Waals surface area contributed by atoms with Crippen LogP contribution in [0.15, 0.2) is 29.4 Å². The van der Waals surface area contributed by atoms with Crippen LogP contribution in [0.3, 0.4) is 0 Å². The average molecular weight is 205 g/mol. The summed E-state index contributed by atoms with van der Waals surface area (Å²) in [5, 5.41) is 16.5. The molecule has 78 valence electrons. The molecule has 2 rings (SSSR count). The lowest BCUT2D eigenvalue weighted by molar-refractivity contribution is -0.384. The summed E-state index contributed by atoms with van der Waals surface area (Å²) < 4.78 is 0. The second-order valence-electron chi connectivity index (χ2n) is 3.48. The zero-order valence-electron chi connectivity index (χ0n) is 8.33. The minimum Gasteiger partial charge on any atom is -0.293 e. The Bertz CT molecular complexity index is 417. The second-order valence-corrected chi connectivity index (χ2v) is 3.48. The van der Waals surface area contributed by atoms with Crippen LogP contribution in [-0.4, -0.2) is 23.2 Å². The molecule has 1 aromatic carbocycles. The van der Waals surface area contributed by atoms with Crippen LogP contribution >= 0.6 is 0 Å². The molecule has 0 spiro atoms. The summed E-state index contributed by atoms with van der Waals surface area (Å²) in [4.78, 5) is 10.2. The maximum atomic E-state index is 10.6. The van der Waals surface area contributed by atoms with Crippen molar-refractivity contribution in [2.24, 2.45) is 5.10 Å². The summed E-state index contributed by atoms with van der Waals surface area (Å²) in [5.74, 6) is 0. The topological polar surface area (TPSA) is 58.7 Å². The largest absolute Gasteiger partial charge is 0.293 e. The smallest absolute Gasteiger partial charge is 0.269 e. The summed E-state index contributed by atoms with van der Waals surface area (Å²) in [6.45, 7) is 0. The van der Waals surface area contributed by atoms with E-state index < -0.39 is 0 Å². The quantitative estimate of drug-likeness (QED) is 0.547. The number of benzene rings is 1. The van der Waals surface area contributed by atoms with Crippen LogP contribution in [0.25, 0.3) is 0 Å². The Kier molecular flexibility index (Phi) is 2.37. The van der Waals surface area contributed by atoms with E-state index in [4.69, 9.17) is 0 Å². The van der Waals surface area contributed by atoms with Gasteiger partial charge in [0.05, 0.1) is 11.0 Å². The lowest BCUT2D eigenvalue weighted by atomic mass is 10.0. The van der Waals surface area contributed by atoms with Crippen molar-refractivity contribution >= 4 is 11.9 Å². The van der Waals surface area contributed by atoms with Crippen molar-refractivity contribution in [1.82, 2.24) is 5.01 Å². The Hall–Kier alpha value is -1.91. The average Bonchev–Trinajstić information content (AvgIpc) is 2.64. The summed E-state index contributed by atoms with van der Waals surface area (Å²) in [7, 11) is 1.87. The predicted octanol–water partition coefficient (Wildman–Crippen LogP) is 1.96. The highest BCUT2D eigenvalue weighted by Crippen LogP contribution is 2.28. The molecule has 15 heavy (non-hydrogen) atoms. The molecule has 0 fully saturated rings. The molecule has 1 aliphatic rings. The van der Waals surface area contributed by atoms with Crippen molar-refractivity contribution in [2.75, 3.05) is 7.05 Å². The van der Waals surface area contributed by atoms with E-state index in [0.717, 1.165) is 12.0 Å². The number of non-ortho nitro benzene ring substituents is 1. The Balaban J connectivity index is 2.29. The summed E-state index contributed by atoms with van der Waals surface area (Å²) in [6.07, 6.45) is 2.63. The molecule has 1 aromatic rings. The van der Waals surface area contributed by atoms with Gasteiger partial charge in [0.2, 0.25) is 0 Å². The molecule has 0 aromatic heterocycles. The molecule has 0 amide bonds. The van der Waals surface area contributed by atoms with Gasteiger partial charge in [-0.3, -0.25) is 15.1 Å². The van der Waals surface area contributed by atoms with Crippen LogP contribution < -0.4 is 0 Å². The fourth-order valence-corrected chi connectivity index (χ4v) is 1.71. The van der Waals surface area contributed by atoms with E-state index in [9.17, 15) is 10.1 Å². The van der Waals surface area contributed by atoms with Crippen molar-refractivity contribution in [3.05, 3.63) is 39.9 Å². The van der Waals surface area contributed by atoms with Gasteiger partial charge < -0.3 is 0 Å². The molecule has 0 saturated carbocycles. The van der Waals surface area contributed by atoms with Gasteiger partial charge in [0, 0.05) is 31.8 Å². The molecule has 0 bridgehead atoms. The summed E-state index contributed by atoms with van der Waals surface area (Å²) in [5.41, 5.74) is 1.07. The molecule has 0 radical (unpaired) electrons. The van der Waals surface area contributed by atoms with Crippen molar-refractivity contribution in [3.8, 4) is 0 Å². The second kappa shape index (κ2) is 3.68. The van der Waals surface area contributed by atoms with Gasteiger partial charge >= 0.3 is 0 Å². The molecule has 1 atom stereocenters. The monoisotopic (exact) mass is 205 g/mol. The summed E-state index contributed by atoms with van der Waals surface area (Å²) in [6, 6.07) is 6.84. The van der Waals surface area contributed by atoms with E-state index in [1.54, 1.807) is 12.1 Å². The van der Waals surface area contributed by atoms with Crippen LogP contribution in [0.5, 0.6) is 0 Å². The highest BCUT2D eigenvalue weighted by molar-refractivity contribution is 5.60. The normalized spacial score (nSPS) is 19.5. The number of rotatable bonds is 2. The molecule has 5 nitrogen and oxygen atoms in total. The molecule has 5 heteroatoms. The van der Waals surface area contributed by atoms with Gasteiger partial charge in [-0.2, -0.15) is 5.10 Å². The third kappa shape index (κ3) is 1.81. The van der Waals surface area contributed by atoms with Gasteiger partial charge in [-0.15, -0.1) is 0 Å². The van der Waals surface area contributed by atoms with E-state index in [-0.39, 0.29) is 16.7 Å². The van der Waals surface area contributed by atoms with Crippen LogP contribution in [0, 0.1) is 10.1 Å². The van der Waals surface area contributed by atoms with Crippen molar-refractivity contribution in [1.29, 1.82) is 0 Å². The summed E-state index contributed by atoms with van der Waals surface area (Å²) >= 11 is 0. The van der Waals surface area contributed by atoms with Crippen molar-refractivity contribution < 1.29 is 4.92 Å². The molecular weight excluding hydrogens is 194 g/mol. The molecule has 1 unspecified atom stereocenters. The number of nitro groups is 1. The fourth-order valence-electron chi connectivity index (χ4n) is 1.71. The van der Waals surface area contributed by atoms with Gasteiger partial charge in [-0.05, 0) is 5.56 Å². The van der Waals surface area contributed by atoms with E-state index in [1.165, 1.54) is 6.07 Å². The highest BCUT2D eigenvalue weighted by Gasteiger charge is 2.20. The van der Waals surface area contributed by atoms with Crippen LogP contribution in [0.4, 0.5) is 5.69 Å². The minimum atomic E-state index is -0.376. The van der Waals surface area contributed by atoms with Crippen molar-refractivity contribution in [3.63, 3.8) is 0 Å². The SMILES string of the molecule is CN1N=CCC1c1cccc([N+](=O)[O-])c1. The highest BCUT2D eigenvalue weighted by atomic mass is 16.6. The van der Waals surface area contributed by atoms with E-state index in [0.29, 0.717) is 0 Å². The van der Waals surface area contributed by atoms with Crippen LogP contribution in [0.1, 0.15) is 18.0 Å². The van der Waals surface area contributed by atoms with Crippen LogP contribution in [0.2, 0.25) is 0 Å². The Morgan fingerprint density at radius 2 is 2.40 bits per heavy atom. The first-order valence-corrected chi connectivity index (χ1v) is 4.68. The zero-order chi connectivity index (χ0) is 10.8. The third-order valence-corrected chi connectivity index (χ3v) is 2.51. The maximum Gasteiger partial charge on any atom is 0.269 e. The van der Waals surface area contributed by atoms with Crippen molar-refractivity contribution in [2.45, 2.75) is 12.5 Å². The van der Waals surface area contributed by atoms with Gasteiger partial charge in [0.25, 0.3) is 5.69 Å².